The molecule has 108 valence electrons. The Balaban J connectivity index is 2.03. The van der Waals surface area contributed by atoms with E-state index in [-0.39, 0.29) is 0 Å². The molecular weight excluding hydrogens is 304 g/mol. The lowest BCUT2D eigenvalue weighted by molar-refractivity contribution is 0.0384. The fourth-order valence-corrected chi connectivity index (χ4v) is 2.29. The SMILES string of the molecule is CCCCCCC(C)OCCOc1cccc(Br)c1. The molecule has 0 saturated carbocycles. The minimum Gasteiger partial charge on any atom is -0.491 e. The molecule has 1 aromatic carbocycles. The number of halogens is 1. The molecule has 3 heteroatoms. The smallest absolute Gasteiger partial charge is 0.120 e. The molecule has 0 bridgehead atoms. The monoisotopic (exact) mass is 328 g/mol. The van der Waals surface area contributed by atoms with Gasteiger partial charge in [0.15, 0.2) is 0 Å². The van der Waals surface area contributed by atoms with Gasteiger partial charge in [0, 0.05) is 4.47 Å². The maximum atomic E-state index is 5.74. The van der Waals surface area contributed by atoms with Crippen LogP contribution in [0.15, 0.2) is 28.7 Å². The lowest BCUT2D eigenvalue weighted by Gasteiger charge is -2.13. The van der Waals surface area contributed by atoms with Gasteiger partial charge in [-0.05, 0) is 31.5 Å². The Kier molecular flexibility index (Phi) is 8.93. The third-order valence-corrected chi connectivity index (χ3v) is 3.51. The van der Waals surface area contributed by atoms with Gasteiger partial charge in [-0.1, -0.05) is 54.6 Å². The quantitative estimate of drug-likeness (QED) is 0.549. The molecule has 0 heterocycles. The van der Waals surface area contributed by atoms with Crippen LogP contribution in [0.1, 0.15) is 46.0 Å². The summed E-state index contributed by atoms with van der Waals surface area (Å²) in [5.41, 5.74) is 0. The molecule has 0 fully saturated rings. The fraction of sp³-hybridized carbons (Fsp3) is 0.625. The van der Waals surface area contributed by atoms with Gasteiger partial charge in [-0.2, -0.15) is 0 Å². The van der Waals surface area contributed by atoms with Crippen LogP contribution in [-0.4, -0.2) is 19.3 Å². The van der Waals surface area contributed by atoms with Crippen molar-refractivity contribution in [1.82, 2.24) is 0 Å². The van der Waals surface area contributed by atoms with Crippen molar-refractivity contribution >= 4 is 15.9 Å². The van der Waals surface area contributed by atoms with Crippen LogP contribution in [0.2, 0.25) is 0 Å². The first kappa shape index (κ1) is 16.5. The van der Waals surface area contributed by atoms with E-state index in [1.54, 1.807) is 0 Å². The van der Waals surface area contributed by atoms with Gasteiger partial charge in [0.05, 0.1) is 12.7 Å². The van der Waals surface area contributed by atoms with Crippen molar-refractivity contribution < 1.29 is 9.47 Å². The second-order valence-electron chi connectivity index (χ2n) is 4.84. The molecule has 0 aliphatic rings. The third-order valence-electron chi connectivity index (χ3n) is 3.01. The van der Waals surface area contributed by atoms with Gasteiger partial charge in [-0.3, -0.25) is 0 Å². The summed E-state index contributed by atoms with van der Waals surface area (Å²) in [5, 5.41) is 0. The maximum Gasteiger partial charge on any atom is 0.120 e. The largest absolute Gasteiger partial charge is 0.491 e. The second-order valence-corrected chi connectivity index (χ2v) is 5.75. The molecule has 0 aliphatic carbocycles. The first-order chi connectivity index (χ1) is 9.22. The summed E-state index contributed by atoms with van der Waals surface area (Å²) < 4.78 is 12.4. The van der Waals surface area contributed by atoms with Crippen molar-refractivity contribution in [3.05, 3.63) is 28.7 Å². The molecule has 19 heavy (non-hydrogen) atoms. The van der Waals surface area contributed by atoms with E-state index in [2.05, 4.69) is 29.8 Å². The third kappa shape index (κ3) is 8.27. The number of benzene rings is 1. The highest BCUT2D eigenvalue weighted by Gasteiger charge is 2.02. The Morgan fingerprint density at radius 1 is 1.16 bits per heavy atom. The van der Waals surface area contributed by atoms with E-state index in [0.717, 1.165) is 16.6 Å². The highest BCUT2D eigenvalue weighted by Crippen LogP contribution is 2.17. The number of hydrogen-bond acceptors (Lipinski definition) is 2. The average molecular weight is 329 g/mol. The minimum absolute atomic E-state index is 0.336. The standard InChI is InChI=1S/C16H25BrO2/c1-3-4-5-6-8-14(2)18-11-12-19-16-10-7-9-15(17)13-16/h7,9-10,13-14H,3-6,8,11-12H2,1-2H3. The maximum absolute atomic E-state index is 5.74. The summed E-state index contributed by atoms with van der Waals surface area (Å²) in [7, 11) is 0. The Hall–Kier alpha value is -0.540. The summed E-state index contributed by atoms with van der Waals surface area (Å²) in [5.74, 6) is 0.883. The summed E-state index contributed by atoms with van der Waals surface area (Å²) in [6.45, 7) is 5.64. The molecule has 0 amide bonds. The van der Waals surface area contributed by atoms with Crippen molar-refractivity contribution in [2.75, 3.05) is 13.2 Å². The molecule has 0 aliphatic heterocycles. The lowest BCUT2D eigenvalue weighted by atomic mass is 10.1. The lowest BCUT2D eigenvalue weighted by Crippen LogP contribution is -2.14. The Morgan fingerprint density at radius 3 is 2.74 bits per heavy atom. The van der Waals surface area contributed by atoms with E-state index in [1.165, 1.54) is 25.7 Å². The van der Waals surface area contributed by atoms with Crippen LogP contribution in [0.5, 0.6) is 5.75 Å². The number of rotatable bonds is 10. The van der Waals surface area contributed by atoms with Gasteiger partial charge >= 0.3 is 0 Å². The number of ether oxygens (including phenoxy) is 2. The van der Waals surface area contributed by atoms with Crippen molar-refractivity contribution in [2.24, 2.45) is 0 Å². The van der Waals surface area contributed by atoms with E-state index in [0.29, 0.717) is 19.3 Å². The van der Waals surface area contributed by atoms with Gasteiger partial charge in [-0.15, -0.1) is 0 Å². The molecular formula is C16H25BrO2. The Bertz CT molecular complexity index is 341. The first-order valence-corrected chi connectivity index (χ1v) is 8.01. The molecule has 0 spiro atoms. The fourth-order valence-electron chi connectivity index (χ4n) is 1.91. The zero-order chi connectivity index (χ0) is 13.9. The van der Waals surface area contributed by atoms with Gasteiger partial charge in [0.25, 0.3) is 0 Å². The van der Waals surface area contributed by atoms with Crippen LogP contribution in [0.25, 0.3) is 0 Å². The predicted molar refractivity (Wildman–Crippen MR) is 83.8 cm³/mol. The molecule has 1 aromatic rings. The van der Waals surface area contributed by atoms with Gasteiger partial charge in [0.1, 0.15) is 12.4 Å². The van der Waals surface area contributed by atoms with Gasteiger partial charge < -0.3 is 9.47 Å². The minimum atomic E-state index is 0.336. The van der Waals surface area contributed by atoms with Crippen molar-refractivity contribution in [1.29, 1.82) is 0 Å². The highest BCUT2D eigenvalue weighted by atomic mass is 79.9. The average Bonchev–Trinajstić information content (AvgIpc) is 2.40. The van der Waals surface area contributed by atoms with Crippen molar-refractivity contribution in [3.63, 3.8) is 0 Å². The van der Waals surface area contributed by atoms with Gasteiger partial charge in [0.2, 0.25) is 0 Å². The van der Waals surface area contributed by atoms with Crippen molar-refractivity contribution in [3.8, 4) is 5.75 Å². The summed E-state index contributed by atoms with van der Waals surface area (Å²) in [6.07, 6.45) is 6.69. The highest BCUT2D eigenvalue weighted by molar-refractivity contribution is 9.10. The molecule has 0 saturated heterocycles. The Labute approximate surface area is 125 Å². The molecule has 1 rings (SSSR count). The van der Waals surface area contributed by atoms with Crippen LogP contribution < -0.4 is 4.74 Å². The van der Waals surface area contributed by atoms with Crippen LogP contribution in [0.3, 0.4) is 0 Å². The van der Waals surface area contributed by atoms with Gasteiger partial charge in [-0.25, -0.2) is 0 Å². The zero-order valence-electron chi connectivity index (χ0n) is 12.0. The molecule has 1 atom stereocenters. The molecule has 1 unspecified atom stereocenters. The topological polar surface area (TPSA) is 18.5 Å². The first-order valence-electron chi connectivity index (χ1n) is 7.22. The summed E-state index contributed by atoms with van der Waals surface area (Å²) >= 11 is 3.42. The molecule has 0 aromatic heterocycles. The molecule has 0 N–H and O–H groups in total. The van der Waals surface area contributed by atoms with Crippen LogP contribution in [0, 0.1) is 0 Å². The van der Waals surface area contributed by atoms with Crippen LogP contribution in [0.4, 0.5) is 0 Å². The van der Waals surface area contributed by atoms with Crippen LogP contribution in [-0.2, 0) is 4.74 Å². The van der Waals surface area contributed by atoms with E-state index in [1.807, 2.05) is 24.3 Å². The van der Waals surface area contributed by atoms with E-state index >= 15 is 0 Å². The molecule has 2 nitrogen and oxygen atoms in total. The summed E-state index contributed by atoms with van der Waals surface area (Å²) in [4.78, 5) is 0. The summed E-state index contributed by atoms with van der Waals surface area (Å²) in [6, 6.07) is 7.88. The van der Waals surface area contributed by atoms with E-state index in [9.17, 15) is 0 Å². The van der Waals surface area contributed by atoms with E-state index in [4.69, 9.17) is 9.47 Å². The van der Waals surface area contributed by atoms with E-state index < -0.39 is 0 Å². The number of unbranched alkanes of at least 4 members (excludes halogenated alkanes) is 3. The van der Waals surface area contributed by atoms with Crippen molar-refractivity contribution in [2.45, 2.75) is 52.1 Å². The molecule has 0 radical (unpaired) electrons. The second kappa shape index (κ2) is 10.3. The predicted octanol–water partition coefficient (Wildman–Crippen LogP) is 5.20. The normalized spacial score (nSPS) is 12.4. The van der Waals surface area contributed by atoms with Crippen LogP contribution >= 0.6 is 15.9 Å². The number of hydrogen-bond donors (Lipinski definition) is 0. The Morgan fingerprint density at radius 2 is 2.00 bits per heavy atom. The zero-order valence-corrected chi connectivity index (χ0v) is 13.6.